The molecule has 2 aromatic heterocycles. The second kappa shape index (κ2) is 11.9. The van der Waals surface area contributed by atoms with Gasteiger partial charge in [-0.15, -0.1) is 0 Å². The molecule has 268 valence electrons. The minimum absolute atomic E-state index is 0.0934. The van der Waals surface area contributed by atoms with E-state index in [9.17, 15) is 0 Å². The Kier molecular flexibility index (Phi) is 6.72. The Morgan fingerprint density at radius 3 is 1.77 bits per heavy atom. The summed E-state index contributed by atoms with van der Waals surface area (Å²) in [5.74, 6) is 0. The summed E-state index contributed by atoms with van der Waals surface area (Å²) in [5, 5.41) is 7.55. The number of para-hydroxylation sites is 1. The van der Waals surface area contributed by atoms with E-state index in [1.807, 2.05) is 0 Å². The van der Waals surface area contributed by atoms with Gasteiger partial charge in [-0.05, 0) is 92.9 Å². The Balaban J connectivity index is 1.08. The molecule has 0 aliphatic heterocycles. The summed E-state index contributed by atoms with van der Waals surface area (Å²) in [6, 6.07) is 71.8. The van der Waals surface area contributed by atoms with Crippen LogP contribution in [0.4, 0.5) is 0 Å². The van der Waals surface area contributed by atoms with Gasteiger partial charge in [-0.2, -0.15) is 0 Å². The van der Waals surface area contributed by atoms with Crippen molar-refractivity contribution in [3.05, 3.63) is 205 Å². The van der Waals surface area contributed by atoms with E-state index in [-0.39, 0.29) is 5.41 Å². The van der Waals surface area contributed by atoms with E-state index >= 15 is 0 Å². The molecule has 0 saturated carbocycles. The number of benzene rings is 9. The molecule has 12 rings (SSSR count). The summed E-state index contributed by atoms with van der Waals surface area (Å²) in [5.41, 5.74) is 17.5. The van der Waals surface area contributed by atoms with E-state index in [2.05, 4.69) is 217 Å². The first-order valence-corrected chi connectivity index (χ1v) is 19.9. The van der Waals surface area contributed by atoms with Crippen LogP contribution in [0.1, 0.15) is 25.0 Å². The van der Waals surface area contributed by atoms with Crippen molar-refractivity contribution in [3.63, 3.8) is 0 Å². The third-order valence-electron chi connectivity index (χ3n) is 12.7. The molecule has 0 fully saturated rings. The Bertz CT molecular complexity index is 3410. The van der Waals surface area contributed by atoms with Gasteiger partial charge in [-0.1, -0.05) is 159 Å². The van der Waals surface area contributed by atoms with Crippen molar-refractivity contribution < 1.29 is 0 Å². The fourth-order valence-electron chi connectivity index (χ4n) is 9.99. The lowest BCUT2D eigenvalue weighted by Crippen LogP contribution is -2.14. The molecule has 57 heavy (non-hydrogen) atoms. The van der Waals surface area contributed by atoms with E-state index in [4.69, 9.17) is 0 Å². The van der Waals surface area contributed by atoms with Crippen LogP contribution in [0.3, 0.4) is 0 Å². The fourth-order valence-corrected chi connectivity index (χ4v) is 9.99. The van der Waals surface area contributed by atoms with Crippen LogP contribution in [0, 0.1) is 0 Å². The van der Waals surface area contributed by atoms with Gasteiger partial charge in [0.25, 0.3) is 0 Å². The third-order valence-corrected chi connectivity index (χ3v) is 12.7. The standard InChI is InChI=1S/C55H38N2/c1-55(2)47-20-10-8-19-44(47)53-48(55)30-29-43-46-34-39(26-32-52(46)57(54(43)53)49-22-12-16-37-15-6-7-17-41(37)49)38-25-31-51-45(33-38)42-18-9-11-21-50(42)56(51)40-27-23-36(24-28-40)35-13-4-3-5-14-35/h3-34H,1-2H3. The molecule has 11 aromatic rings. The van der Waals surface area contributed by atoms with Crippen molar-refractivity contribution in [1.29, 1.82) is 0 Å². The Morgan fingerprint density at radius 2 is 0.965 bits per heavy atom. The van der Waals surface area contributed by atoms with Crippen LogP contribution < -0.4 is 0 Å². The zero-order valence-electron chi connectivity index (χ0n) is 31.9. The Morgan fingerprint density at radius 1 is 0.368 bits per heavy atom. The molecule has 2 heterocycles. The van der Waals surface area contributed by atoms with Gasteiger partial charge in [0.1, 0.15) is 0 Å². The minimum atomic E-state index is -0.0934. The molecule has 0 N–H and O–H groups in total. The first-order valence-electron chi connectivity index (χ1n) is 19.9. The van der Waals surface area contributed by atoms with Crippen molar-refractivity contribution in [3.8, 4) is 44.8 Å². The van der Waals surface area contributed by atoms with Crippen molar-refractivity contribution in [1.82, 2.24) is 9.13 Å². The van der Waals surface area contributed by atoms with Crippen molar-refractivity contribution in [2.75, 3.05) is 0 Å². The van der Waals surface area contributed by atoms with Gasteiger partial charge in [0, 0.05) is 43.6 Å². The molecule has 0 saturated heterocycles. The molecular weight excluding hydrogens is 689 g/mol. The smallest absolute Gasteiger partial charge is 0.0622 e. The first kappa shape index (κ1) is 32.1. The summed E-state index contributed by atoms with van der Waals surface area (Å²) < 4.78 is 4.96. The number of aromatic nitrogens is 2. The lowest BCUT2D eigenvalue weighted by atomic mass is 9.82. The van der Waals surface area contributed by atoms with Crippen molar-refractivity contribution in [2.45, 2.75) is 19.3 Å². The lowest BCUT2D eigenvalue weighted by molar-refractivity contribution is 0.661. The van der Waals surface area contributed by atoms with Gasteiger partial charge >= 0.3 is 0 Å². The summed E-state index contributed by atoms with van der Waals surface area (Å²) in [4.78, 5) is 0. The maximum absolute atomic E-state index is 2.55. The second-order valence-electron chi connectivity index (χ2n) is 16.1. The van der Waals surface area contributed by atoms with Crippen LogP contribution in [0.15, 0.2) is 194 Å². The average molecular weight is 727 g/mol. The molecule has 9 aromatic carbocycles. The summed E-state index contributed by atoms with van der Waals surface area (Å²) >= 11 is 0. The summed E-state index contributed by atoms with van der Waals surface area (Å²) in [7, 11) is 0. The molecular formula is C55H38N2. The lowest BCUT2D eigenvalue weighted by Gasteiger charge is -2.21. The van der Waals surface area contributed by atoms with Crippen molar-refractivity contribution in [2.24, 2.45) is 0 Å². The molecule has 0 unspecified atom stereocenters. The second-order valence-corrected chi connectivity index (χ2v) is 16.1. The SMILES string of the molecule is CC1(C)c2ccccc2-c2c1ccc1c3cc(-c4ccc5c(c4)c4ccccc4n5-c4ccc(-c5ccccc5)cc4)ccc3n(-c3cccc4ccccc34)c21. The van der Waals surface area contributed by atoms with E-state index in [0.29, 0.717) is 0 Å². The van der Waals surface area contributed by atoms with Crippen LogP contribution in [0.2, 0.25) is 0 Å². The van der Waals surface area contributed by atoms with Gasteiger partial charge in [-0.3, -0.25) is 0 Å². The monoisotopic (exact) mass is 726 g/mol. The largest absolute Gasteiger partial charge is 0.309 e. The van der Waals surface area contributed by atoms with Gasteiger partial charge in [0.15, 0.2) is 0 Å². The molecule has 2 nitrogen and oxygen atoms in total. The number of nitrogens with zero attached hydrogens (tertiary/aromatic N) is 2. The van der Waals surface area contributed by atoms with Gasteiger partial charge in [-0.25, -0.2) is 0 Å². The van der Waals surface area contributed by atoms with Gasteiger partial charge in [0.05, 0.1) is 27.8 Å². The highest BCUT2D eigenvalue weighted by Crippen LogP contribution is 2.53. The normalized spacial score (nSPS) is 13.2. The van der Waals surface area contributed by atoms with Gasteiger partial charge in [0.2, 0.25) is 0 Å². The first-order chi connectivity index (χ1) is 28.0. The highest BCUT2D eigenvalue weighted by atomic mass is 15.0. The predicted molar refractivity (Wildman–Crippen MR) is 241 cm³/mol. The molecule has 0 atom stereocenters. The molecule has 1 aliphatic rings. The van der Waals surface area contributed by atoms with Crippen molar-refractivity contribution >= 4 is 54.4 Å². The van der Waals surface area contributed by atoms with Crippen LogP contribution >= 0.6 is 0 Å². The predicted octanol–water partition coefficient (Wildman–Crippen LogP) is 14.7. The fraction of sp³-hybridized carbons (Fsp3) is 0.0545. The van der Waals surface area contributed by atoms with Gasteiger partial charge < -0.3 is 9.13 Å². The molecule has 1 aliphatic carbocycles. The number of rotatable bonds is 4. The molecule has 0 spiro atoms. The van der Waals surface area contributed by atoms with E-state index in [0.717, 1.165) is 5.69 Å². The van der Waals surface area contributed by atoms with E-state index in [1.165, 1.54) is 105 Å². The zero-order valence-corrected chi connectivity index (χ0v) is 31.9. The Labute approximate surface area is 331 Å². The third kappa shape index (κ3) is 4.59. The van der Waals surface area contributed by atoms with Crippen LogP contribution in [-0.2, 0) is 5.41 Å². The van der Waals surface area contributed by atoms with E-state index in [1.54, 1.807) is 0 Å². The van der Waals surface area contributed by atoms with E-state index < -0.39 is 0 Å². The molecule has 0 amide bonds. The number of hydrogen-bond acceptors (Lipinski definition) is 0. The average Bonchev–Trinajstić information content (AvgIpc) is 3.86. The topological polar surface area (TPSA) is 9.86 Å². The molecule has 0 bridgehead atoms. The number of hydrogen-bond donors (Lipinski definition) is 0. The highest BCUT2D eigenvalue weighted by molar-refractivity contribution is 6.18. The van der Waals surface area contributed by atoms with Crippen LogP contribution in [0.25, 0.3) is 99.1 Å². The summed E-state index contributed by atoms with van der Waals surface area (Å²) in [6.07, 6.45) is 0. The minimum Gasteiger partial charge on any atom is -0.309 e. The van der Waals surface area contributed by atoms with Crippen LogP contribution in [0.5, 0.6) is 0 Å². The highest BCUT2D eigenvalue weighted by Gasteiger charge is 2.37. The molecule has 0 radical (unpaired) electrons. The van der Waals surface area contributed by atoms with Crippen LogP contribution in [-0.4, -0.2) is 9.13 Å². The maximum Gasteiger partial charge on any atom is 0.0622 e. The Hall–Kier alpha value is -7.16. The maximum atomic E-state index is 2.55. The molecule has 2 heteroatoms. The number of fused-ring (bicyclic) bond motifs is 11. The quantitative estimate of drug-likeness (QED) is 0.171. The summed E-state index contributed by atoms with van der Waals surface area (Å²) in [6.45, 7) is 4.75. The zero-order chi connectivity index (χ0) is 37.8.